The van der Waals surface area contributed by atoms with Crippen molar-refractivity contribution in [1.82, 2.24) is 9.43 Å². The average Bonchev–Trinajstić information content (AvgIpc) is 1.98. The molecule has 0 amide bonds. The Hall–Kier alpha value is 0.290. The maximum Gasteiger partial charge on any atom is 0.185 e. The van der Waals surface area contributed by atoms with Crippen molar-refractivity contribution in [3.8, 4) is 0 Å². The monoisotopic (exact) mass is 245 g/mol. The van der Waals surface area contributed by atoms with E-state index in [0.717, 1.165) is 0 Å². The number of rotatable bonds is 0. The molecule has 0 saturated heterocycles. The first-order chi connectivity index (χ1) is 3.72. The summed E-state index contributed by atoms with van der Waals surface area (Å²) in [6.45, 7) is 0. The number of hydrogen-bond acceptors (Lipinski definition) is 3. The highest BCUT2D eigenvalue weighted by atomic mass is 127. The summed E-state index contributed by atoms with van der Waals surface area (Å²) in [5, 5.41) is 5.66. The molecular weight excluding hydrogens is 240 g/mol. The zero-order valence-corrected chi connectivity index (χ0v) is 7.17. The van der Waals surface area contributed by atoms with Gasteiger partial charge in [0.1, 0.15) is 6.34 Å². The Balaban J connectivity index is 2.55. The SMILES string of the molecule is CN1N=CN(Cl)C1I. The first-order valence-corrected chi connectivity index (χ1v) is 3.65. The average molecular weight is 245 g/mol. The molecule has 8 heavy (non-hydrogen) atoms. The van der Waals surface area contributed by atoms with Crippen LogP contribution in [0, 0.1) is 0 Å². The maximum absolute atomic E-state index is 5.59. The molecule has 0 aromatic heterocycles. The lowest BCUT2D eigenvalue weighted by Gasteiger charge is -2.15. The molecule has 0 radical (unpaired) electrons. The van der Waals surface area contributed by atoms with E-state index in [0.29, 0.717) is 0 Å². The zero-order valence-electron chi connectivity index (χ0n) is 4.25. The van der Waals surface area contributed by atoms with E-state index in [-0.39, 0.29) is 4.17 Å². The van der Waals surface area contributed by atoms with Crippen molar-refractivity contribution in [1.29, 1.82) is 0 Å². The second-order valence-electron chi connectivity index (χ2n) is 1.46. The van der Waals surface area contributed by atoms with E-state index in [1.165, 1.54) is 4.42 Å². The van der Waals surface area contributed by atoms with Gasteiger partial charge in [0.2, 0.25) is 0 Å². The van der Waals surface area contributed by atoms with Crippen LogP contribution in [0.3, 0.4) is 0 Å². The molecule has 1 aliphatic rings. The van der Waals surface area contributed by atoms with Crippen molar-refractivity contribution in [2.75, 3.05) is 7.05 Å². The molecular formula is C3H5ClIN3. The summed E-state index contributed by atoms with van der Waals surface area (Å²) in [6, 6.07) is 0. The molecule has 1 rings (SSSR count). The summed E-state index contributed by atoms with van der Waals surface area (Å²) in [6.07, 6.45) is 1.58. The molecule has 0 aromatic carbocycles. The molecule has 0 bridgehead atoms. The van der Waals surface area contributed by atoms with E-state index in [1.807, 2.05) is 7.05 Å². The summed E-state index contributed by atoms with van der Waals surface area (Å²) < 4.78 is 1.68. The van der Waals surface area contributed by atoms with Crippen LogP contribution in [0.4, 0.5) is 0 Å². The van der Waals surface area contributed by atoms with E-state index in [4.69, 9.17) is 11.8 Å². The van der Waals surface area contributed by atoms with Crippen LogP contribution < -0.4 is 0 Å². The largest absolute Gasteiger partial charge is 0.266 e. The van der Waals surface area contributed by atoms with Crippen molar-refractivity contribution in [3.63, 3.8) is 0 Å². The lowest BCUT2D eigenvalue weighted by molar-refractivity contribution is 0.321. The summed E-state index contributed by atoms with van der Waals surface area (Å²) in [5.41, 5.74) is 0. The van der Waals surface area contributed by atoms with Crippen molar-refractivity contribution in [2.24, 2.45) is 5.10 Å². The Bertz CT molecular complexity index is 105. The summed E-state index contributed by atoms with van der Waals surface area (Å²) in [4.78, 5) is 0. The third kappa shape index (κ3) is 0.997. The molecule has 0 saturated carbocycles. The molecule has 1 heterocycles. The first kappa shape index (κ1) is 6.41. The predicted octanol–water partition coefficient (Wildman–Crippen LogP) is 1.05. The molecule has 1 aliphatic heterocycles. The third-order valence-electron chi connectivity index (χ3n) is 0.856. The van der Waals surface area contributed by atoms with Crippen LogP contribution in [0.2, 0.25) is 0 Å². The highest BCUT2D eigenvalue weighted by molar-refractivity contribution is 14.1. The minimum absolute atomic E-state index is 0.161. The van der Waals surface area contributed by atoms with Crippen molar-refractivity contribution in [2.45, 2.75) is 4.17 Å². The number of hydrazone groups is 1. The molecule has 1 atom stereocenters. The molecule has 1 unspecified atom stereocenters. The second-order valence-corrected chi connectivity index (χ2v) is 2.96. The Kier molecular flexibility index (Phi) is 1.81. The Morgan fingerprint density at radius 1 is 1.88 bits per heavy atom. The second kappa shape index (κ2) is 2.26. The molecule has 46 valence electrons. The van der Waals surface area contributed by atoms with Crippen LogP contribution in [0.25, 0.3) is 0 Å². The molecule has 0 spiro atoms. The highest BCUT2D eigenvalue weighted by Gasteiger charge is 2.18. The minimum atomic E-state index is 0.161. The van der Waals surface area contributed by atoms with Gasteiger partial charge in [-0.2, -0.15) is 5.10 Å². The number of alkyl halides is 1. The Labute approximate surface area is 66.5 Å². The van der Waals surface area contributed by atoms with Crippen LogP contribution in [0.5, 0.6) is 0 Å². The number of hydrogen-bond donors (Lipinski definition) is 0. The summed E-state index contributed by atoms with van der Waals surface area (Å²) in [7, 11) is 1.87. The van der Waals surface area contributed by atoms with Crippen molar-refractivity contribution < 1.29 is 0 Å². The van der Waals surface area contributed by atoms with Crippen molar-refractivity contribution >= 4 is 40.7 Å². The lowest BCUT2D eigenvalue weighted by atomic mass is 11.0. The van der Waals surface area contributed by atoms with Gasteiger partial charge < -0.3 is 0 Å². The molecule has 0 aromatic rings. The van der Waals surface area contributed by atoms with Gasteiger partial charge in [-0.15, -0.1) is 0 Å². The molecule has 0 N–H and O–H groups in total. The van der Waals surface area contributed by atoms with E-state index >= 15 is 0 Å². The summed E-state index contributed by atoms with van der Waals surface area (Å²) in [5.74, 6) is 0. The van der Waals surface area contributed by atoms with Crippen LogP contribution in [0.15, 0.2) is 5.10 Å². The van der Waals surface area contributed by atoms with E-state index < -0.39 is 0 Å². The van der Waals surface area contributed by atoms with Gasteiger partial charge in [-0.1, -0.05) is 0 Å². The predicted molar refractivity (Wildman–Crippen MR) is 41.8 cm³/mol. The van der Waals surface area contributed by atoms with Gasteiger partial charge in [-0.05, 0) is 22.6 Å². The van der Waals surface area contributed by atoms with Crippen LogP contribution >= 0.6 is 34.4 Å². The highest BCUT2D eigenvalue weighted by Crippen LogP contribution is 2.17. The minimum Gasteiger partial charge on any atom is -0.266 e. The van der Waals surface area contributed by atoms with Gasteiger partial charge in [0, 0.05) is 18.8 Å². The van der Waals surface area contributed by atoms with Crippen LogP contribution in [0.1, 0.15) is 0 Å². The fourth-order valence-electron chi connectivity index (χ4n) is 0.400. The van der Waals surface area contributed by atoms with Gasteiger partial charge in [0.05, 0.1) is 0 Å². The first-order valence-electron chi connectivity index (χ1n) is 2.07. The van der Waals surface area contributed by atoms with E-state index in [9.17, 15) is 0 Å². The van der Waals surface area contributed by atoms with E-state index in [2.05, 4.69) is 27.7 Å². The third-order valence-corrected chi connectivity index (χ3v) is 2.86. The molecule has 0 aliphatic carbocycles. The maximum atomic E-state index is 5.59. The van der Waals surface area contributed by atoms with Gasteiger partial charge in [-0.25, -0.2) is 4.42 Å². The quantitative estimate of drug-likeness (QED) is 0.275. The topological polar surface area (TPSA) is 18.8 Å². The van der Waals surface area contributed by atoms with Gasteiger partial charge in [0.15, 0.2) is 4.17 Å². The fourth-order valence-corrected chi connectivity index (χ4v) is 0.853. The number of nitrogens with zero attached hydrogens (tertiary/aromatic N) is 3. The van der Waals surface area contributed by atoms with Gasteiger partial charge in [0.25, 0.3) is 0 Å². The zero-order chi connectivity index (χ0) is 6.15. The lowest BCUT2D eigenvalue weighted by Crippen LogP contribution is -2.24. The van der Waals surface area contributed by atoms with Gasteiger partial charge in [-0.3, -0.25) is 5.01 Å². The molecule has 5 heteroatoms. The molecule has 0 fully saturated rings. The van der Waals surface area contributed by atoms with E-state index in [1.54, 1.807) is 11.3 Å². The summed E-state index contributed by atoms with van der Waals surface area (Å²) >= 11 is 7.77. The fraction of sp³-hybridized carbons (Fsp3) is 0.667. The number of halogens is 2. The normalized spacial score (nSPS) is 27.6. The van der Waals surface area contributed by atoms with Crippen molar-refractivity contribution in [3.05, 3.63) is 0 Å². The van der Waals surface area contributed by atoms with Crippen LogP contribution in [-0.2, 0) is 0 Å². The standard InChI is InChI=1S/C3H5ClIN3/c1-7-3(5)8(4)2-6-7/h2-3H,1H3. The molecule has 3 nitrogen and oxygen atoms in total. The smallest absolute Gasteiger partial charge is 0.185 e. The van der Waals surface area contributed by atoms with Gasteiger partial charge >= 0.3 is 0 Å². The van der Waals surface area contributed by atoms with Crippen LogP contribution in [-0.4, -0.2) is 27.0 Å². The Morgan fingerprint density at radius 2 is 2.50 bits per heavy atom. The Morgan fingerprint density at radius 3 is 2.62 bits per heavy atom.